The molecule has 106 valence electrons. The molecule has 0 saturated carbocycles. The molecule has 3 nitrogen and oxygen atoms in total. The third kappa shape index (κ3) is 3.69. The number of nitrogens with zero attached hydrogens (tertiary/aromatic N) is 1. The molecule has 0 radical (unpaired) electrons. The minimum absolute atomic E-state index is 0.263. The lowest BCUT2D eigenvalue weighted by Crippen LogP contribution is -2.63. The van der Waals surface area contributed by atoms with Crippen molar-refractivity contribution in [1.29, 1.82) is 0 Å². The second-order valence-electron chi connectivity index (χ2n) is 7.06. The summed E-state index contributed by atoms with van der Waals surface area (Å²) in [6.45, 7) is 13.7. The molecule has 18 heavy (non-hydrogen) atoms. The van der Waals surface area contributed by atoms with Crippen molar-refractivity contribution in [2.75, 3.05) is 26.2 Å². The van der Waals surface area contributed by atoms with Gasteiger partial charge >= 0.3 is 0 Å². The van der Waals surface area contributed by atoms with Crippen molar-refractivity contribution in [3.05, 3.63) is 0 Å². The molecule has 0 aromatic rings. The predicted octanol–water partition coefficient (Wildman–Crippen LogP) is 2.26. The van der Waals surface area contributed by atoms with Crippen molar-refractivity contribution in [1.82, 2.24) is 10.2 Å². The van der Waals surface area contributed by atoms with Crippen LogP contribution in [0.15, 0.2) is 0 Å². The molecule has 2 atom stereocenters. The first-order valence-corrected chi connectivity index (χ1v) is 7.57. The molecule has 0 bridgehead atoms. The van der Waals surface area contributed by atoms with E-state index in [1.807, 2.05) is 0 Å². The van der Waals surface area contributed by atoms with Gasteiger partial charge in [0.1, 0.15) is 0 Å². The summed E-state index contributed by atoms with van der Waals surface area (Å²) in [6, 6.07) is 0.652. The molecule has 2 rings (SSSR count). The van der Waals surface area contributed by atoms with Crippen LogP contribution in [0, 0.1) is 5.92 Å². The quantitative estimate of drug-likeness (QED) is 0.833. The fourth-order valence-electron chi connectivity index (χ4n) is 3.17. The van der Waals surface area contributed by atoms with Gasteiger partial charge in [-0.3, -0.25) is 4.90 Å². The summed E-state index contributed by atoms with van der Waals surface area (Å²) in [7, 11) is 0. The Balaban J connectivity index is 1.90. The average Bonchev–Trinajstić information content (AvgIpc) is 2.75. The summed E-state index contributed by atoms with van der Waals surface area (Å²) in [5.41, 5.74) is 0.263. The molecular formula is C15H30N2O. The van der Waals surface area contributed by atoms with Crippen LogP contribution in [0.2, 0.25) is 0 Å². The molecule has 2 fully saturated rings. The molecule has 0 amide bonds. The van der Waals surface area contributed by atoms with Gasteiger partial charge in [0.05, 0.1) is 6.10 Å². The van der Waals surface area contributed by atoms with Gasteiger partial charge in [-0.2, -0.15) is 0 Å². The SMILES string of the molecule is CC(C)CC1CN(CC2CCCO2)C(C)(C)CN1. The molecule has 2 aliphatic rings. The number of hydrogen-bond donors (Lipinski definition) is 1. The normalized spacial score (nSPS) is 33.2. The van der Waals surface area contributed by atoms with Gasteiger partial charge in [-0.15, -0.1) is 0 Å². The first-order chi connectivity index (χ1) is 8.47. The van der Waals surface area contributed by atoms with Gasteiger partial charge in [-0.05, 0) is 39.0 Å². The minimum atomic E-state index is 0.263. The lowest BCUT2D eigenvalue weighted by Gasteiger charge is -2.47. The average molecular weight is 254 g/mol. The molecule has 0 aromatic carbocycles. The van der Waals surface area contributed by atoms with E-state index in [-0.39, 0.29) is 5.54 Å². The first kappa shape index (κ1) is 14.3. The Morgan fingerprint density at radius 2 is 2.17 bits per heavy atom. The summed E-state index contributed by atoms with van der Waals surface area (Å²) in [4.78, 5) is 2.65. The summed E-state index contributed by atoms with van der Waals surface area (Å²) < 4.78 is 5.80. The Labute approximate surface area is 112 Å². The van der Waals surface area contributed by atoms with Crippen LogP contribution in [-0.4, -0.2) is 48.8 Å². The van der Waals surface area contributed by atoms with E-state index in [0.29, 0.717) is 12.1 Å². The van der Waals surface area contributed by atoms with Gasteiger partial charge in [0.25, 0.3) is 0 Å². The number of ether oxygens (including phenoxy) is 1. The van der Waals surface area contributed by atoms with Crippen LogP contribution < -0.4 is 5.32 Å². The topological polar surface area (TPSA) is 24.5 Å². The van der Waals surface area contributed by atoms with E-state index in [1.54, 1.807) is 0 Å². The Bertz CT molecular complexity index is 259. The second-order valence-corrected chi connectivity index (χ2v) is 7.06. The van der Waals surface area contributed by atoms with Gasteiger partial charge in [0.15, 0.2) is 0 Å². The van der Waals surface area contributed by atoms with Crippen LogP contribution in [-0.2, 0) is 4.74 Å². The summed E-state index contributed by atoms with van der Waals surface area (Å²) in [6.07, 6.45) is 4.24. The maximum atomic E-state index is 5.80. The zero-order valence-electron chi connectivity index (χ0n) is 12.5. The van der Waals surface area contributed by atoms with Gasteiger partial charge in [0.2, 0.25) is 0 Å². The van der Waals surface area contributed by atoms with Crippen LogP contribution in [0.25, 0.3) is 0 Å². The number of nitrogens with one attached hydrogen (secondary N) is 1. The van der Waals surface area contributed by atoms with Crippen molar-refractivity contribution in [2.24, 2.45) is 5.92 Å². The second kappa shape index (κ2) is 5.89. The molecule has 2 saturated heterocycles. The molecular weight excluding hydrogens is 224 g/mol. The van der Waals surface area contributed by atoms with E-state index >= 15 is 0 Å². The number of hydrogen-bond acceptors (Lipinski definition) is 3. The highest BCUT2D eigenvalue weighted by atomic mass is 16.5. The minimum Gasteiger partial charge on any atom is -0.377 e. The van der Waals surface area contributed by atoms with E-state index in [0.717, 1.165) is 25.6 Å². The molecule has 3 heteroatoms. The van der Waals surface area contributed by atoms with E-state index in [4.69, 9.17) is 4.74 Å². The standard InChI is InChI=1S/C15H30N2O/c1-12(2)8-13-9-17(15(3,4)11-16-13)10-14-6-5-7-18-14/h12-14,16H,5-11H2,1-4H3. The molecule has 0 aromatic heterocycles. The Morgan fingerprint density at radius 1 is 1.39 bits per heavy atom. The van der Waals surface area contributed by atoms with Crippen molar-refractivity contribution in [2.45, 2.75) is 64.6 Å². The van der Waals surface area contributed by atoms with E-state index in [1.165, 1.54) is 25.8 Å². The van der Waals surface area contributed by atoms with E-state index < -0.39 is 0 Å². The maximum absolute atomic E-state index is 5.80. The Hall–Kier alpha value is -0.120. The largest absolute Gasteiger partial charge is 0.377 e. The Kier molecular flexibility index (Phi) is 4.68. The summed E-state index contributed by atoms with van der Waals surface area (Å²) in [5, 5.41) is 3.71. The molecule has 1 N–H and O–H groups in total. The van der Waals surface area contributed by atoms with Crippen LogP contribution >= 0.6 is 0 Å². The fraction of sp³-hybridized carbons (Fsp3) is 1.00. The highest BCUT2D eigenvalue weighted by molar-refractivity contribution is 4.94. The van der Waals surface area contributed by atoms with Crippen molar-refractivity contribution in [3.63, 3.8) is 0 Å². The van der Waals surface area contributed by atoms with Crippen LogP contribution in [0.1, 0.15) is 47.0 Å². The van der Waals surface area contributed by atoms with Gasteiger partial charge in [-0.1, -0.05) is 13.8 Å². The van der Waals surface area contributed by atoms with Crippen molar-refractivity contribution < 1.29 is 4.74 Å². The Morgan fingerprint density at radius 3 is 2.78 bits per heavy atom. The summed E-state index contributed by atoms with van der Waals surface area (Å²) >= 11 is 0. The molecule has 0 aliphatic carbocycles. The fourth-order valence-corrected chi connectivity index (χ4v) is 3.17. The monoisotopic (exact) mass is 254 g/mol. The molecule has 2 aliphatic heterocycles. The smallest absolute Gasteiger partial charge is 0.0703 e. The van der Waals surface area contributed by atoms with Gasteiger partial charge in [0, 0.05) is 37.8 Å². The first-order valence-electron chi connectivity index (χ1n) is 7.57. The molecule has 2 unspecified atom stereocenters. The van der Waals surface area contributed by atoms with E-state index in [9.17, 15) is 0 Å². The lowest BCUT2D eigenvalue weighted by atomic mass is 9.93. The molecule has 0 spiro atoms. The van der Waals surface area contributed by atoms with Crippen molar-refractivity contribution in [3.8, 4) is 0 Å². The molecule has 2 heterocycles. The van der Waals surface area contributed by atoms with Crippen LogP contribution in [0.4, 0.5) is 0 Å². The zero-order chi connectivity index (χ0) is 13.2. The number of piperazine rings is 1. The predicted molar refractivity (Wildman–Crippen MR) is 75.9 cm³/mol. The van der Waals surface area contributed by atoms with Crippen LogP contribution in [0.3, 0.4) is 0 Å². The van der Waals surface area contributed by atoms with Crippen LogP contribution in [0.5, 0.6) is 0 Å². The third-order valence-electron chi connectivity index (χ3n) is 4.32. The summed E-state index contributed by atoms with van der Waals surface area (Å²) in [5.74, 6) is 0.772. The highest BCUT2D eigenvalue weighted by Gasteiger charge is 2.35. The van der Waals surface area contributed by atoms with Gasteiger partial charge < -0.3 is 10.1 Å². The lowest BCUT2D eigenvalue weighted by molar-refractivity contribution is 0.00551. The number of rotatable bonds is 4. The third-order valence-corrected chi connectivity index (χ3v) is 4.32. The van der Waals surface area contributed by atoms with Gasteiger partial charge in [-0.25, -0.2) is 0 Å². The van der Waals surface area contributed by atoms with E-state index in [2.05, 4.69) is 37.9 Å². The van der Waals surface area contributed by atoms with Crippen molar-refractivity contribution >= 4 is 0 Å². The highest BCUT2D eigenvalue weighted by Crippen LogP contribution is 2.24. The maximum Gasteiger partial charge on any atom is 0.0703 e. The zero-order valence-corrected chi connectivity index (χ0v) is 12.5.